The van der Waals surface area contributed by atoms with Crippen LogP contribution in [0.25, 0.3) is 0 Å². The average Bonchev–Trinajstić information content (AvgIpc) is 3.07. The maximum Gasteiger partial charge on any atom is 0.273 e. The molecule has 0 aromatic carbocycles. The number of carbonyl (C=O) groups excluding carboxylic acids is 2. The van der Waals surface area contributed by atoms with Crippen molar-refractivity contribution in [3.63, 3.8) is 0 Å². The molecule has 1 aliphatic rings. The number of thiazole rings is 2. The van der Waals surface area contributed by atoms with Gasteiger partial charge in [-0.25, -0.2) is 9.97 Å². The summed E-state index contributed by atoms with van der Waals surface area (Å²) in [5.74, 6) is -0.315. The van der Waals surface area contributed by atoms with E-state index in [0.29, 0.717) is 25.2 Å². The van der Waals surface area contributed by atoms with Gasteiger partial charge in [0.2, 0.25) is 5.91 Å². The van der Waals surface area contributed by atoms with E-state index in [1.165, 1.54) is 11.3 Å². The van der Waals surface area contributed by atoms with Gasteiger partial charge in [0, 0.05) is 30.9 Å². The van der Waals surface area contributed by atoms with Crippen molar-refractivity contribution in [2.24, 2.45) is 0 Å². The molecule has 3 rings (SSSR count). The molecule has 0 N–H and O–H groups in total. The Morgan fingerprint density at radius 3 is 2.62 bits per heavy atom. The molecule has 2 amide bonds. The number of aryl methyl sites for hydroxylation is 2. The standard InChI is InChI=1S/C16H20N4O2S2/c1-9-17-12(8-23-9)16(22)20-6-5-11(15(21)19(3)4)14-13(7-20)24-10(2)18-14/h8,11H,5-7H2,1-4H3. The largest absolute Gasteiger partial charge is 0.348 e. The van der Waals surface area contributed by atoms with Gasteiger partial charge in [0.1, 0.15) is 5.69 Å². The maximum atomic E-state index is 12.8. The molecule has 1 unspecified atom stereocenters. The highest BCUT2D eigenvalue weighted by molar-refractivity contribution is 7.11. The summed E-state index contributed by atoms with van der Waals surface area (Å²) in [4.78, 5) is 38.6. The van der Waals surface area contributed by atoms with Crippen molar-refractivity contribution < 1.29 is 9.59 Å². The number of nitrogens with zero attached hydrogens (tertiary/aromatic N) is 4. The highest BCUT2D eigenvalue weighted by Crippen LogP contribution is 2.33. The van der Waals surface area contributed by atoms with Crippen molar-refractivity contribution in [1.82, 2.24) is 19.8 Å². The fraction of sp³-hybridized carbons (Fsp3) is 0.500. The molecule has 128 valence electrons. The molecule has 2 aromatic rings. The summed E-state index contributed by atoms with van der Waals surface area (Å²) in [5, 5.41) is 3.60. The third kappa shape index (κ3) is 3.21. The Kier molecular flexibility index (Phi) is 4.69. The minimum Gasteiger partial charge on any atom is -0.348 e. The van der Waals surface area contributed by atoms with Crippen LogP contribution in [0.15, 0.2) is 5.38 Å². The highest BCUT2D eigenvalue weighted by atomic mass is 32.1. The quantitative estimate of drug-likeness (QED) is 0.821. The molecule has 0 bridgehead atoms. The summed E-state index contributed by atoms with van der Waals surface area (Å²) in [6, 6.07) is 0. The number of amides is 2. The second-order valence-corrected chi connectivity index (χ2v) is 8.44. The first kappa shape index (κ1) is 17.0. The van der Waals surface area contributed by atoms with Crippen LogP contribution in [-0.4, -0.2) is 52.2 Å². The first-order valence-electron chi connectivity index (χ1n) is 7.75. The average molecular weight is 364 g/mol. The van der Waals surface area contributed by atoms with Gasteiger partial charge in [0.25, 0.3) is 5.91 Å². The zero-order valence-corrected chi connectivity index (χ0v) is 15.8. The Labute approximate surface area is 149 Å². The van der Waals surface area contributed by atoms with E-state index in [-0.39, 0.29) is 17.7 Å². The monoisotopic (exact) mass is 364 g/mol. The van der Waals surface area contributed by atoms with Crippen molar-refractivity contribution in [3.05, 3.63) is 31.7 Å². The lowest BCUT2D eigenvalue weighted by molar-refractivity contribution is -0.130. The number of hydrogen-bond acceptors (Lipinski definition) is 6. The second-order valence-electron chi connectivity index (χ2n) is 6.09. The number of fused-ring (bicyclic) bond motifs is 1. The van der Waals surface area contributed by atoms with Gasteiger partial charge < -0.3 is 9.80 Å². The predicted molar refractivity (Wildman–Crippen MR) is 94.5 cm³/mol. The van der Waals surface area contributed by atoms with Crippen LogP contribution in [0, 0.1) is 13.8 Å². The van der Waals surface area contributed by atoms with Crippen LogP contribution in [0.2, 0.25) is 0 Å². The van der Waals surface area contributed by atoms with Gasteiger partial charge in [-0.15, -0.1) is 22.7 Å². The predicted octanol–water partition coefficient (Wildman–Crippen LogP) is 2.43. The Bertz CT molecular complexity index is 781. The summed E-state index contributed by atoms with van der Waals surface area (Å²) in [7, 11) is 3.51. The van der Waals surface area contributed by atoms with Gasteiger partial charge in [0.15, 0.2) is 0 Å². The summed E-state index contributed by atoms with van der Waals surface area (Å²) in [6.07, 6.45) is 0.585. The van der Waals surface area contributed by atoms with Crippen LogP contribution in [0.4, 0.5) is 0 Å². The SMILES string of the molecule is Cc1nc(C(=O)N2CCC(C(=O)N(C)C)c3nc(C)sc3C2)cs1. The molecule has 1 aliphatic heterocycles. The van der Waals surface area contributed by atoms with E-state index >= 15 is 0 Å². The van der Waals surface area contributed by atoms with Crippen LogP contribution < -0.4 is 0 Å². The van der Waals surface area contributed by atoms with Crippen LogP contribution >= 0.6 is 22.7 Å². The Hall–Kier alpha value is -1.80. The van der Waals surface area contributed by atoms with Gasteiger partial charge in [-0.3, -0.25) is 9.59 Å². The number of carbonyl (C=O) groups is 2. The van der Waals surface area contributed by atoms with Crippen molar-refractivity contribution in [3.8, 4) is 0 Å². The zero-order chi connectivity index (χ0) is 17.4. The summed E-state index contributed by atoms with van der Waals surface area (Å²) >= 11 is 3.04. The molecule has 0 aliphatic carbocycles. The number of aromatic nitrogens is 2. The lowest BCUT2D eigenvalue weighted by atomic mass is 10.00. The van der Waals surface area contributed by atoms with Crippen LogP contribution in [0.5, 0.6) is 0 Å². The molecule has 0 spiro atoms. The van der Waals surface area contributed by atoms with Crippen LogP contribution in [0.1, 0.15) is 43.4 Å². The molecule has 0 fully saturated rings. The summed E-state index contributed by atoms with van der Waals surface area (Å²) < 4.78 is 0. The molecular formula is C16H20N4O2S2. The second kappa shape index (κ2) is 6.60. The third-order valence-electron chi connectivity index (χ3n) is 4.05. The normalized spacial score (nSPS) is 17.3. The Morgan fingerprint density at radius 2 is 2.00 bits per heavy atom. The molecule has 24 heavy (non-hydrogen) atoms. The maximum absolute atomic E-state index is 12.8. The highest BCUT2D eigenvalue weighted by Gasteiger charge is 2.33. The molecule has 6 nitrogen and oxygen atoms in total. The number of rotatable bonds is 2. The summed E-state index contributed by atoms with van der Waals surface area (Å²) in [6.45, 7) is 4.85. The first-order chi connectivity index (χ1) is 11.4. The smallest absolute Gasteiger partial charge is 0.273 e. The van der Waals surface area contributed by atoms with E-state index in [0.717, 1.165) is 20.6 Å². The van der Waals surface area contributed by atoms with Crippen molar-refractivity contribution in [2.45, 2.75) is 32.7 Å². The van der Waals surface area contributed by atoms with Gasteiger partial charge in [0.05, 0.1) is 28.2 Å². The number of likely N-dealkylation sites (N-methyl/N-ethyl adjacent to an activating group) is 1. The molecule has 0 radical (unpaired) electrons. The Morgan fingerprint density at radius 1 is 1.25 bits per heavy atom. The first-order valence-corrected chi connectivity index (χ1v) is 9.45. The minimum atomic E-state index is -0.282. The van der Waals surface area contributed by atoms with E-state index in [1.807, 2.05) is 13.8 Å². The van der Waals surface area contributed by atoms with Crippen molar-refractivity contribution in [2.75, 3.05) is 20.6 Å². The van der Waals surface area contributed by atoms with Gasteiger partial charge in [-0.2, -0.15) is 0 Å². The van der Waals surface area contributed by atoms with Crippen molar-refractivity contribution >= 4 is 34.5 Å². The fourth-order valence-electron chi connectivity index (χ4n) is 2.89. The fourth-order valence-corrected chi connectivity index (χ4v) is 4.49. The van der Waals surface area contributed by atoms with E-state index in [2.05, 4.69) is 9.97 Å². The van der Waals surface area contributed by atoms with Gasteiger partial charge in [-0.05, 0) is 20.3 Å². The van der Waals surface area contributed by atoms with Crippen LogP contribution in [-0.2, 0) is 11.3 Å². The van der Waals surface area contributed by atoms with Crippen molar-refractivity contribution in [1.29, 1.82) is 0 Å². The Balaban J connectivity index is 1.91. The lowest BCUT2D eigenvalue weighted by Gasteiger charge is -2.21. The van der Waals surface area contributed by atoms with Gasteiger partial charge in [-0.1, -0.05) is 0 Å². The van der Waals surface area contributed by atoms with Gasteiger partial charge >= 0.3 is 0 Å². The molecule has 3 heterocycles. The molecule has 0 saturated heterocycles. The molecule has 2 aromatic heterocycles. The topological polar surface area (TPSA) is 66.4 Å². The summed E-state index contributed by atoms with van der Waals surface area (Å²) in [5.41, 5.74) is 1.32. The van der Waals surface area contributed by atoms with Crippen LogP contribution in [0.3, 0.4) is 0 Å². The molecule has 8 heteroatoms. The van der Waals surface area contributed by atoms with E-state index < -0.39 is 0 Å². The number of hydrogen-bond donors (Lipinski definition) is 0. The minimum absolute atomic E-state index is 0.0420. The molecule has 0 saturated carbocycles. The van der Waals surface area contributed by atoms with E-state index in [9.17, 15) is 9.59 Å². The molecule has 1 atom stereocenters. The third-order valence-corrected chi connectivity index (χ3v) is 5.80. The zero-order valence-electron chi connectivity index (χ0n) is 14.2. The molecular weight excluding hydrogens is 344 g/mol. The van der Waals surface area contributed by atoms with E-state index in [1.54, 1.807) is 40.6 Å². The van der Waals surface area contributed by atoms with E-state index in [4.69, 9.17) is 0 Å². The lowest BCUT2D eigenvalue weighted by Crippen LogP contribution is -2.32.